The van der Waals surface area contributed by atoms with E-state index in [2.05, 4.69) is 10.5 Å². The predicted octanol–water partition coefficient (Wildman–Crippen LogP) is 4.31. The fourth-order valence-electron chi connectivity index (χ4n) is 3.02. The number of hydrogen-bond acceptors (Lipinski definition) is 5. The van der Waals surface area contributed by atoms with Gasteiger partial charge in [-0.3, -0.25) is 9.10 Å². The van der Waals surface area contributed by atoms with Crippen molar-refractivity contribution in [1.82, 2.24) is 5.43 Å². The summed E-state index contributed by atoms with van der Waals surface area (Å²) in [6.07, 6.45) is 1.46. The number of hydrogen-bond donors (Lipinski definition) is 1. The first-order valence-corrected chi connectivity index (χ1v) is 11.8. The minimum absolute atomic E-state index is 0.0713. The Bertz CT molecular complexity index is 1260. The highest BCUT2D eigenvalue weighted by molar-refractivity contribution is 7.92. The molecule has 3 rings (SSSR count). The maximum absolute atomic E-state index is 13.5. The number of carbonyl (C=O) groups is 1. The van der Waals surface area contributed by atoms with Crippen molar-refractivity contribution in [3.63, 3.8) is 0 Å². The Kier molecular flexibility index (Phi) is 7.73. The van der Waals surface area contributed by atoms with Gasteiger partial charge in [0.15, 0.2) is 0 Å². The zero-order valence-electron chi connectivity index (χ0n) is 18.4. The van der Waals surface area contributed by atoms with Crippen LogP contribution in [0.3, 0.4) is 0 Å². The van der Waals surface area contributed by atoms with E-state index < -0.39 is 22.5 Å². The zero-order valence-corrected chi connectivity index (χ0v) is 20.0. The normalized spacial score (nSPS) is 11.4. The predicted molar refractivity (Wildman–Crippen MR) is 131 cm³/mol. The molecule has 1 N–H and O–H groups in total. The average Bonchev–Trinajstić information content (AvgIpc) is 2.80. The summed E-state index contributed by atoms with van der Waals surface area (Å²) in [6.45, 7) is 3.14. The molecule has 0 bridgehead atoms. The van der Waals surface area contributed by atoms with Gasteiger partial charge in [0.1, 0.15) is 12.3 Å². The fraction of sp³-hybridized carbons (Fsp3) is 0.167. The minimum Gasteiger partial charge on any atom is -0.497 e. The van der Waals surface area contributed by atoms with Crippen molar-refractivity contribution in [2.45, 2.75) is 18.7 Å². The van der Waals surface area contributed by atoms with Crippen molar-refractivity contribution >= 4 is 39.4 Å². The van der Waals surface area contributed by atoms with Crippen molar-refractivity contribution in [1.29, 1.82) is 0 Å². The third-order valence-corrected chi connectivity index (χ3v) is 6.86. The molecule has 0 aromatic heterocycles. The first kappa shape index (κ1) is 24.3. The molecule has 0 aliphatic carbocycles. The summed E-state index contributed by atoms with van der Waals surface area (Å²) >= 11 is 6.13. The number of carbonyl (C=O) groups excluding carboxylic acids is 1. The Balaban J connectivity index is 1.86. The molecule has 0 aliphatic rings. The van der Waals surface area contributed by atoms with Crippen LogP contribution in [0.4, 0.5) is 5.69 Å². The van der Waals surface area contributed by atoms with Crippen LogP contribution in [0.2, 0.25) is 5.02 Å². The number of halogens is 1. The molecule has 3 aromatic carbocycles. The van der Waals surface area contributed by atoms with Crippen LogP contribution in [0.25, 0.3) is 0 Å². The first-order valence-electron chi connectivity index (χ1n) is 10.0. The van der Waals surface area contributed by atoms with Gasteiger partial charge in [0.25, 0.3) is 15.9 Å². The van der Waals surface area contributed by atoms with Crippen LogP contribution >= 0.6 is 11.6 Å². The maximum atomic E-state index is 13.5. The van der Waals surface area contributed by atoms with Gasteiger partial charge in [0.2, 0.25) is 0 Å². The lowest BCUT2D eigenvalue weighted by atomic mass is 10.2. The summed E-state index contributed by atoms with van der Waals surface area (Å²) in [5.41, 5.74) is 5.02. The largest absolute Gasteiger partial charge is 0.497 e. The van der Waals surface area contributed by atoms with Gasteiger partial charge in [-0.15, -0.1) is 0 Å². The van der Waals surface area contributed by atoms with Crippen molar-refractivity contribution in [3.05, 3.63) is 88.4 Å². The smallest absolute Gasteiger partial charge is 0.264 e. The van der Waals surface area contributed by atoms with Gasteiger partial charge in [-0.05, 0) is 73.5 Å². The molecule has 7 nitrogen and oxygen atoms in total. The van der Waals surface area contributed by atoms with E-state index in [4.69, 9.17) is 16.3 Å². The maximum Gasteiger partial charge on any atom is 0.264 e. The SMILES string of the molecule is COc1ccc(/C=N\NC(=O)CN(c2cc(Cl)ccc2C)S(=O)(=O)c2ccc(C)cc2)cc1. The van der Waals surface area contributed by atoms with Gasteiger partial charge in [-0.1, -0.05) is 35.4 Å². The molecule has 0 aliphatic heterocycles. The third kappa shape index (κ3) is 6.12. The van der Waals surface area contributed by atoms with E-state index in [0.717, 1.165) is 15.4 Å². The molecule has 0 unspecified atom stereocenters. The van der Waals surface area contributed by atoms with Crippen LogP contribution in [0.1, 0.15) is 16.7 Å². The van der Waals surface area contributed by atoms with Gasteiger partial charge in [-0.2, -0.15) is 5.10 Å². The standard InChI is InChI=1S/C24H24ClN3O4S/c1-17-4-12-22(13-5-17)33(30,31)28(23-14-20(25)9-6-18(23)2)16-24(29)27-26-15-19-7-10-21(32-3)11-8-19/h4-15H,16H2,1-3H3,(H,27,29)/b26-15-. The molecule has 0 atom stereocenters. The highest BCUT2D eigenvalue weighted by atomic mass is 35.5. The van der Waals surface area contributed by atoms with E-state index in [9.17, 15) is 13.2 Å². The van der Waals surface area contributed by atoms with Crippen LogP contribution in [-0.2, 0) is 14.8 Å². The van der Waals surface area contributed by atoms with Crippen LogP contribution in [-0.4, -0.2) is 34.2 Å². The second-order valence-corrected chi connectivity index (χ2v) is 9.62. The molecular weight excluding hydrogens is 462 g/mol. The topological polar surface area (TPSA) is 88.1 Å². The number of aryl methyl sites for hydroxylation is 2. The number of anilines is 1. The van der Waals surface area contributed by atoms with Gasteiger partial charge >= 0.3 is 0 Å². The molecule has 0 saturated heterocycles. The van der Waals surface area contributed by atoms with Crippen LogP contribution in [0, 0.1) is 13.8 Å². The number of nitrogens with one attached hydrogen (secondary N) is 1. The lowest BCUT2D eigenvalue weighted by molar-refractivity contribution is -0.119. The monoisotopic (exact) mass is 485 g/mol. The molecule has 3 aromatic rings. The number of amides is 1. The summed E-state index contributed by atoms with van der Waals surface area (Å²) in [7, 11) is -2.47. The van der Waals surface area contributed by atoms with E-state index in [0.29, 0.717) is 22.0 Å². The van der Waals surface area contributed by atoms with Crippen LogP contribution < -0.4 is 14.5 Å². The highest BCUT2D eigenvalue weighted by Gasteiger charge is 2.28. The summed E-state index contributed by atoms with van der Waals surface area (Å²) in [4.78, 5) is 12.7. The van der Waals surface area contributed by atoms with E-state index >= 15 is 0 Å². The number of rotatable bonds is 8. The van der Waals surface area contributed by atoms with Crippen molar-refractivity contribution in [3.8, 4) is 5.75 Å². The molecule has 0 radical (unpaired) electrons. The molecule has 0 spiro atoms. The Morgan fingerprint density at radius 1 is 1.06 bits per heavy atom. The van der Waals surface area contributed by atoms with Crippen molar-refractivity contribution in [2.75, 3.05) is 18.0 Å². The van der Waals surface area contributed by atoms with Crippen LogP contribution in [0.15, 0.2) is 76.7 Å². The van der Waals surface area contributed by atoms with E-state index in [1.807, 2.05) is 6.92 Å². The second-order valence-electron chi connectivity index (χ2n) is 7.32. The molecule has 0 fully saturated rings. The molecular formula is C24H24ClN3O4S. The minimum atomic E-state index is -4.04. The van der Waals surface area contributed by atoms with Crippen LogP contribution in [0.5, 0.6) is 5.75 Å². The lowest BCUT2D eigenvalue weighted by Gasteiger charge is -2.25. The van der Waals surface area contributed by atoms with E-state index in [1.54, 1.807) is 62.6 Å². The highest BCUT2D eigenvalue weighted by Crippen LogP contribution is 2.29. The van der Waals surface area contributed by atoms with Crippen molar-refractivity contribution < 1.29 is 17.9 Å². The number of nitrogens with zero attached hydrogens (tertiary/aromatic N) is 2. The van der Waals surface area contributed by atoms with E-state index in [1.165, 1.54) is 24.4 Å². The average molecular weight is 486 g/mol. The Morgan fingerprint density at radius 2 is 1.73 bits per heavy atom. The lowest BCUT2D eigenvalue weighted by Crippen LogP contribution is -2.40. The van der Waals surface area contributed by atoms with Gasteiger partial charge in [0, 0.05) is 5.02 Å². The molecule has 0 saturated carbocycles. The second kappa shape index (κ2) is 10.5. The Hall–Kier alpha value is -3.36. The summed E-state index contributed by atoms with van der Waals surface area (Å²) in [5, 5.41) is 4.30. The number of sulfonamides is 1. The molecule has 9 heteroatoms. The van der Waals surface area contributed by atoms with Gasteiger partial charge in [0.05, 0.1) is 23.9 Å². The quantitative estimate of drug-likeness (QED) is 0.380. The van der Waals surface area contributed by atoms with E-state index in [-0.39, 0.29) is 4.90 Å². The van der Waals surface area contributed by atoms with Crippen molar-refractivity contribution in [2.24, 2.45) is 5.10 Å². The summed E-state index contributed by atoms with van der Waals surface area (Å²) in [5.74, 6) is 0.0971. The fourth-order valence-corrected chi connectivity index (χ4v) is 4.67. The molecule has 1 amide bonds. The summed E-state index contributed by atoms with van der Waals surface area (Å²) in [6, 6.07) is 18.4. The molecule has 172 valence electrons. The molecule has 33 heavy (non-hydrogen) atoms. The Morgan fingerprint density at radius 3 is 2.36 bits per heavy atom. The zero-order chi connectivity index (χ0) is 24.0. The third-order valence-electron chi connectivity index (χ3n) is 4.85. The summed E-state index contributed by atoms with van der Waals surface area (Å²) < 4.78 is 33.0. The number of ether oxygens (including phenoxy) is 1. The van der Waals surface area contributed by atoms with Gasteiger partial charge < -0.3 is 4.74 Å². The number of methoxy groups -OCH3 is 1. The molecule has 0 heterocycles. The number of hydrazone groups is 1. The first-order chi connectivity index (χ1) is 15.7. The number of benzene rings is 3. The Labute approximate surface area is 198 Å². The van der Waals surface area contributed by atoms with Gasteiger partial charge in [-0.25, -0.2) is 13.8 Å².